The van der Waals surface area contributed by atoms with Gasteiger partial charge in [0.2, 0.25) is 5.95 Å². The van der Waals surface area contributed by atoms with E-state index in [4.69, 9.17) is 5.73 Å². The summed E-state index contributed by atoms with van der Waals surface area (Å²) in [5.41, 5.74) is 7.70. The van der Waals surface area contributed by atoms with Gasteiger partial charge in [-0.25, -0.2) is 4.98 Å². The number of aryl methyl sites for hydroxylation is 1. The van der Waals surface area contributed by atoms with Gasteiger partial charge >= 0.3 is 0 Å². The lowest BCUT2D eigenvalue weighted by Crippen LogP contribution is -2.12. The third-order valence-electron chi connectivity index (χ3n) is 3.86. The highest BCUT2D eigenvalue weighted by atomic mass is 15.1. The first-order valence-corrected chi connectivity index (χ1v) is 7.17. The van der Waals surface area contributed by atoms with Crippen molar-refractivity contribution >= 4 is 5.95 Å². The lowest BCUT2D eigenvalue weighted by molar-refractivity contribution is 0.428. The maximum atomic E-state index is 5.86. The largest absolute Gasteiger partial charge is 0.368 e. The average molecular weight is 269 g/mol. The zero-order valence-electron chi connectivity index (χ0n) is 11.7. The molecule has 20 heavy (non-hydrogen) atoms. The zero-order chi connectivity index (χ0) is 13.9. The molecule has 0 spiro atoms. The second-order valence-corrected chi connectivity index (χ2v) is 5.38. The molecule has 3 rings (SSSR count). The third-order valence-corrected chi connectivity index (χ3v) is 3.86. The minimum atomic E-state index is 0.292. The van der Waals surface area contributed by atoms with Crippen molar-refractivity contribution in [1.82, 2.24) is 19.9 Å². The average Bonchev–Trinajstić information content (AvgIpc) is 2.48. The molecule has 1 aliphatic carbocycles. The number of nitrogen functional groups attached to an aromatic ring is 1. The topological polar surface area (TPSA) is 77.6 Å². The SMILES string of the molecule is Cc1cccnc1-c1nc(N)nc(C2CCCCC2)n1. The van der Waals surface area contributed by atoms with Crippen LogP contribution in [0.25, 0.3) is 11.5 Å². The molecule has 1 fully saturated rings. The van der Waals surface area contributed by atoms with Gasteiger partial charge in [-0.2, -0.15) is 9.97 Å². The summed E-state index contributed by atoms with van der Waals surface area (Å²) in [6, 6.07) is 3.91. The molecule has 5 nitrogen and oxygen atoms in total. The summed E-state index contributed by atoms with van der Waals surface area (Å²) in [5, 5.41) is 0. The number of nitrogens with two attached hydrogens (primary N) is 1. The predicted molar refractivity (Wildman–Crippen MR) is 78.0 cm³/mol. The van der Waals surface area contributed by atoms with Crippen LogP contribution in [0.4, 0.5) is 5.95 Å². The van der Waals surface area contributed by atoms with Gasteiger partial charge < -0.3 is 5.73 Å². The fourth-order valence-corrected chi connectivity index (χ4v) is 2.78. The molecule has 0 radical (unpaired) electrons. The van der Waals surface area contributed by atoms with E-state index in [0.29, 0.717) is 17.7 Å². The predicted octanol–water partition coefficient (Wildman–Crippen LogP) is 2.87. The van der Waals surface area contributed by atoms with E-state index in [9.17, 15) is 0 Å². The first kappa shape index (κ1) is 13.0. The molecule has 0 aromatic carbocycles. The standard InChI is InChI=1S/C15H19N5/c1-10-6-5-9-17-12(10)14-18-13(19-15(16)20-14)11-7-3-2-4-8-11/h5-6,9,11H,2-4,7-8H2,1H3,(H2,16,18,19,20). The van der Waals surface area contributed by atoms with Crippen molar-refractivity contribution in [3.05, 3.63) is 29.7 Å². The van der Waals surface area contributed by atoms with Gasteiger partial charge in [-0.1, -0.05) is 25.3 Å². The van der Waals surface area contributed by atoms with Crippen molar-refractivity contribution in [1.29, 1.82) is 0 Å². The summed E-state index contributed by atoms with van der Waals surface area (Å²) in [6.07, 6.45) is 7.84. The smallest absolute Gasteiger partial charge is 0.223 e. The van der Waals surface area contributed by atoms with Gasteiger partial charge in [-0.05, 0) is 31.4 Å². The maximum Gasteiger partial charge on any atom is 0.223 e. The normalized spacial score (nSPS) is 16.2. The molecule has 0 bridgehead atoms. The van der Waals surface area contributed by atoms with Crippen LogP contribution in [-0.2, 0) is 0 Å². The van der Waals surface area contributed by atoms with Crippen LogP contribution in [0.3, 0.4) is 0 Å². The van der Waals surface area contributed by atoms with E-state index < -0.39 is 0 Å². The summed E-state index contributed by atoms with van der Waals surface area (Å²) in [7, 11) is 0. The van der Waals surface area contributed by atoms with Crippen LogP contribution in [0.1, 0.15) is 49.4 Å². The van der Waals surface area contributed by atoms with E-state index in [1.165, 1.54) is 19.3 Å². The van der Waals surface area contributed by atoms with Crippen molar-refractivity contribution in [3.8, 4) is 11.5 Å². The van der Waals surface area contributed by atoms with E-state index in [0.717, 1.165) is 29.9 Å². The molecule has 2 N–H and O–H groups in total. The Balaban J connectivity index is 2.00. The second kappa shape index (κ2) is 5.53. The lowest BCUT2D eigenvalue weighted by Gasteiger charge is -2.20. The molecular formula is C15H19N5. The Labute approximate surface area is 118 Å². The molecule has 5 heteroatoms. The highest BCUT2D eigenvalue weighted by molar-refractivity contribution is 5.55. The van der Waals surface area contributed by atoms with Crippen LogP contribution in [0.15, 0.2) is 18.3 Å². The van der Waals surface area contributed by atoms with Crippen LogP contribution < -0.4 is 5.73 Å². The Morgan fingerprint density at radius 2 is 1.90 bits per heavy atom. The Kier molecular flexibility index (Phi) is 3.58. The van der Waals surface area contributed by atoms with Gasteiger partial charge in [0, 0.05) is 12.1 Å². The molecule has 1 aliphatic rings. The van der Waals surface area contributed by atoms with Gasteiger partial charge in [-0.3, -0.25) is 4.98 Å². The van der Waals surface area contributed by atoms with Crippen molar-refractivity contribution in [2.75, 3.05) is 5.73 Å². The van der Waals surface area contributed by atoms with E-state index >= 15 is 0 Å². The molecule has 0 amide bonds. The monoisotopic (exact) mass is 269 g/mol. The van der Waals surface area contributed by atoms with Crippen molar-refractivity contribution in [3.63, 3.8) is 0 Å². The van der Waals surface area contributed by atoms with Crippen LogP contribution in [0.5, 0.6) is 0 Å². The fourth-order valence-electron chi connectivity index (χ4n) is 2.78. The molecule has 2 aromatic heterocycles. The number of hydrogen-bond donors (Lipinski definition) is 1. The van der Waals surface area contributed by atoms with Crippen molar-refractivity contribution < 1.29 is 0 Å². The summed E-state index contributed by atoms with van der Waals surface area (Å²) in [4.78, 5) is 17.6. The zero-order valence-corrected chi connectivity index (χ0v) is 11.7. The molecule has 2 aromatic rings. The van der Waals surface area contributed by atoms with Gasteiger partial charge in [0.15, 0.2) is 5.82 Å². The Morgan fingerprint density at radius 3 is 2.65 bits per heavy atom. The van der Waals surface area contributed by atoms with E-state index in [1.807, 2.05) is 19.1 Å². The quantitative estimate of drug-likeness (QED) is 0.907. The van der Waals surface area contributed by atoms with Gasteiger partial charge in [-0.15, -0.1) is 0 Å². The van der Waals surface area contributed by atoms with Crippen LogP contribution in [0, 0.1) is 6.92 Å². The Bertz CT molecular complexity index is 605. The number of aromatic nitrogens is 4. The van der Waals surface area contributed by atoms with Crippen molar-refractivity contribution in [2.45, 2.75) is 44.9 Å². The van der Waals surface area contributed by atoms with E-state index in [-0.39, 0.29) is 0 Å². The molecule has 0 aliphatic heterocycles. The minimum Gasteiger partial charge on any atom is -0.368 e. The lowest BCUT2D eigenvalue weighted by atomic mass is 9.89. The minimum absolute atomic E-state index is 0.292. The van der Waals surface area contributed by atoms with E-state index in [2.05, 4.69) is 19.9 Å². The Hall–Kier alpha value is -2.04. The fraction of sp³-hybridized carbons (Fsp3) is 0.467. The summed E-state index contributed by atoms with van der Waals surface area (Å²) in [6.45, 7) is 2.00. The number of rotatable bonds is 2. The van der Waals surface area contributed by atoms with Gasteiger partial charge in [0.1, 0.15) is 11.5 Å². The number of hydrogen-bond acceptors (Lipinski definition) is 5. The van der Waals surface area contributed by atoms with Crippen molar-refractivity contribution in [2.24, 2.45) is 0 Å². The molecular weight excluding hydrogens is 250 g/mol. The van der Waals surface area contributed by atoms with Crippen LogP contribution >= 0.6 is 0 Å². The molecule has 104 valence electrons. The van der Waals surface area contributed by atoms with E-state index in [1.54, 1.807) is 6.20 Å². The Morgan fingerprint density at radius 1 is 1.10 bits per heavy atom. The first-order valence-electron chi connectivity index (χ1n) is 7.17. The molecule has 0 unspecified atom stereocenters. The third kappa shape index (κ3) is 2.61. The first-order chi connectivity index (χ1) is 9.74. The highest BCUT2D eigenvalue weighted by Gasteiger charge is 2.20. The molecule has 0 saturated heterocycles. The molecule has 2 heterocycles. The van der Waals surface area contributed by atoms with Crippen LogP contribution in [0.2, 0.25) is 0 Å². The molecule has 1 saturated carbocycles. The van der Waals surface area contributed by atoms with Crippen LogP contribution in [-0.4, -0.2) is 19.9 Å². The summed E-state index contributed by atoms with van der Waals surface area (Å²) < 4.78 is 0. The summed E-state index contributed by atoms with van der Waals surface area (Å²) in [5.74, 6) is 2.13. The van der Waals surface area contributed by atoms with Gasteiger partial charge in [0.25, 0.3) is 0 Å². The number of anilines is 1. The maximum absolute atomic E-state index is 5.86. The second-order valence-electron chi connectivity index (χ2n) is 5.38. The highest BCUT2D eigenvalue weighted by Crippen LogP contribution is 2.31. The summed E-state index contributed by atoms with van der Waals surface area (Å²) >= 11 is 0. The van der Waals surface area contributed by atoms with Gasteiger partial charge in [0.05, 0.1) is 0 Å². The molecule has 0 atom stereocenters. The number of pyridine rings is 1. The number of nitrogens with zero attached hydrogens (tertiary/aromatic N) is 4.